The Morgan fingerprint density at radius 2 is 1.33 bits per heavy atom. The minimum atomic E-state index is -0.750. The summed E-state index contributed by atoms with van der Waals surface area (Å²) >= 11 is -0.750. The summed E-state index contributed by atoms with van der Waals surface area (Å²) in [6.45, 7) is 3.50. The molecule has 0 aromatic carbocycles. The van der Waals surface area contributed by atoms with Crippen molar-refractivity contribution in [1.82, 2.24) is 0 Å². The van der Waals surface area contributed by atoms with Crippen molar-refractivity contribution in [3.63, 3.8) is 0 Å². The number of rotatable bonds is 0. The second-order valence-electron chi connectivity index (χ2n) is 0.0680. The van der Waals surface area contributed by atoms with Gasteiger partial charge >= 0.3 is 11.6 Å². The van der Waals surface area contributed by atoms with E-state index in [1.54, 1.807) is 0 Å². The van der Waals surface area contributed by atoms with E-state index in [2.05, 4.69) is 6.57 Å². The van der Waals surface area contributed by atoms with E-state index in [1.165, 1.54) is 0 Å². The Kier molecular flexibility index (Phi) is 415. The molecule has 0 saturated carbocycles. The van der Waals surface area contributed by atoms with Crippen LogP contribution in [0.15, 0.2) is 0 Å². The molecular weight excluding hydrogens is 122 g/mol. The minimum Gasteiger partial charge on any atom is -0.202 e. The second-order valence-corrected chi connectivity index (χ2v) is 0.204. The van der Waals surface area contributed by atoms with Gasteiger partial charge in [0.05, 0.1) is 0 Å². The first-order valence-corrected chi connectivity index (χ1v) is 1.26. The molecule has 0 amide bonds. The zero-order valence-electron chi connectivity index (χ0n) is 2.75. The second kappa shape index (κ2) is 143. The summed E-state index contributed by atoms with van der Waals surface area (Å²) in [7, 11) is 0. The highest BCUT2D eigenvalue weighted by molar-refractivity contribution is 7.59. The standard InChI is InChI=1S/CHN.O2S.H2S/c1-2;1-3-2;/h1H;;1H2. The van der Waals surface area contributed by atoms with Gasteiger partial charge in [-0.2, -0.15) is 21.9 Å². The average Bonchev–Trinajstić information content (AvgIpc) is 1.46. The summed E-state index contributed by atoms with van der Waals surface area (Å²) < 4.78 is 16.6. The lowest BCUT2D eigenvalue weighted by atomic mass is 11.9. The van der Waals surface area contributed by atoms with Crippen LogP contribution < -0.4 is 0 Å². The third-order valence-corrected chi connectivity index (χ3v) is 0. The smallest absolute Gasteiger partial charge is 0.202 e. The zero-order valence-corrected chi connectivity index (χ0v) is 4.57. The molecule has 0 aliphatic carbocycles. The van der Waals surface area contributed by atoms with Gasteiger partial charge in [0.1, 0.15) is 0 Å². The summed E-state index contributed by atoms with van der Waals surface area (Å²) in [5.74, 6) is 0. The predicted molar refractivity (Wildman–Crippen MR) is 26.0 cm³/mol. The molecule has 0 aliphatic heterocycles. The van der Waals surface area contributed by atoms with Crippen LogP contribution in [-0.4, -0.2) is 8.42 Å². The van der Waals surface area contributed by atoms with Crippen molar-refractivity contribution < 1.29 is 8.42 Å². The van der Waals surface area contributed by atoms with Crippen molar-refractivity contribution in [1.29, 1.82) is 5.26 Å². The van der Waals surface area contributed by atoms with Crippen LogP contribution in [0.5, 0.6) is 0 Å². The van der Waals surface area contributed by atoms with E-state index in [0.29, 0.717) is 0 Å². The van der Waals surface area contributed by atoms with Crippen LogP contribution in [0.4, 0.5) is 0 Å². The molecule has 6 heavy (non-hydrogen) atoms. The molecule has 0 aromatic rings. The van der Waals surface area contributed by atoms with Crippen LogP contribution in [0.3, 0.4) is 0 Å². The lowest BCUT2D eigenvalue weighted by molar-refractivity contribution is 0.630. The van der Waals surface area contributed by atoms with Crippen LogP contribution in [0, 0.1) is 11.8 Å². The molecule has 0 heterocycles. The molecule has 0 bridgehead atoms. The van der Waals surface area contributed by atoms with E-state index in [4.69, 9.17) is 13.7 Å². The van der Waals surface area contributed by atoms with Gasteiger partial charge in [-0.1, -0.05) is 0 Å². The van der Waals surface area contributed by atoms with E-state index in [-0.39, 0.29) is 13.5 Å². The Morgan fingerprint density at radius 3 is 1.33 bits per heavy atom. The number of nitriles is 1. The summed E-state index contributed by atoms with van der Waals surface area (Å²) in [6.07, 6.45) is 0. The maximum Gasteiger partial charge on any atom is 0.335 e. The van der Waals surface area contributed by atoms with Crippen molar-refractivity contribution in [2.75, 3.05) is 0 Å². The number of nitrogens with zero attached hydrogens (tertiary/aromatic N) is 1. The monoisotopic (exact) mass is 125 g/mol. The third kappa shape index (κ3) is 224. The molecule has 0 atom stereocenters. The average molecular weight is 125 g/mol. The summed E-state index contributed by atoms with van der Waals surface area (Å²) in [6, 6.07) is 0. The van der Waals surface area contributed by atoms with Gasteiger partial charge in [-0.15, -0.1) is 0 Å². The zero-order chi connectivity index (χ0) is 4.71. The van der Waals surface area contributed by atoms with E-state index < -0.39 is 11.6 Å². The van der Waals surface area contributed by atoms with E-state index in [1.807, 2.05) is 0 Å². The Morgan fingerprint density at radius 1 is 1.33 bits per heavy atom. The van der Waals surface area contributed by atoms with Crippen LogP contribution in [0.1, 0.15) is 0 Å². The first-order chi connectivity index (χ1) is 2.41. The van der Waals surface area contributed by atoms with Crippen LogP contribution in [-0.2, 0) is 11.6 Å². The predicted octanol–water partition coefficient (Wildman–Crippen LogP) is -0.418. The Balaban J connectivity index is -0.0000000275. The highest BCUT2D eigenvalue weighted by Gasteiger charge is 1.12. The van der Waals surface area contributed by atoms with Crippen LogP contribution in [0.2, 0.25) is 0 Å². The minimum absolute atomic E-state index is 0. The van der Waals surface area contributed by atoms with Gasteiger partial charge in [-0.05, 0) is 0 Å². The third-order valence-electron chi connectivity index (χ3n) is 0. The molecule has 0 aromatic heterocycles. The quantitative estimate of drug-likeness (QED) is 0.442. The lowest BCUT2D eigenvalue weighted by Crippen LogP contribution is -1.18. The molecule has 0 aliphatic rings. The summed E-state index contributed by atoms with van der Waals surface area (Å²) in [4.78, 5) is 0. The number of hydrogen-bond acceptors (Lipinski definition) is 3. The van der Waals surface area contributed by atoms with E-state index in [0.717, 1.165) is 0 Å². The molecule has 0 N–H and O–H groups in total. The fourth-order valence-corrected chi connectivity index (χ4v) is 0. The molecule has 5 heteroatoms. The molecule has 0 radical (unpaired) electrons. The van der Waals surface area contributed by atoms with Crippen molar-refractivity contribution in [2.24, 2.45) is 0 Å². The van der Waals surface area contributed by atoms with Crippen molar-refractivity contribution in [3.05, 3.63) is 0 Å². The molecule has 36 valence electrons. The topological polar surface area (TPSA) is 57.9 Å². The highest BCUT2D eigenvalue weighted by atomic mass is 32.1. The van der Waals surface area contributed by atoms with Gasteiger partial charge in [0.2, 0.25) is 0 Å². The highest BCUT2D eigenvalue weighted by Crippen LogP contribution is 0.846. The van der Waals surface area contributed by atoms with Gasteiger partial charge in [0.25, 0.3) is 0 Å². The Hall–Kier alpha value is -0.340. The molecule has 0 spiro atoms. The molecule has 3 nitrogen and oxygen atoms in total. The normalized spacial score (nSPS) is 2.33. The first-order valence-electron chi connectivity index (χ1n) is 0.592. The molecule has 0 fully saturated rings. The van der Waals surface area contributed by atoms with E-state index >= 15 is 0 Å². The molecule has 0 unspecified atom stereocenters. The van der Waals surface area contributed by atoms with Gasteiger partial charge in [0, 0.05) is 6.57 Å². The lowest BCUT2D eigenvalue weighted by Gasteiger charge is -0.947. The fraction of sp³-hybridized carbons (Fsp3) is 0. The SMILES string of the molecule is C#N.O=S=O.S. The summed E-state index contributed by atoms with van der Waals surface area (Å²) in [5.41, 5.74) is 0. The van der Waals surface area contributed by atoms with Gasteiger partial charge < -0.3 is 0 Å². The van der Waals surface area contributed by atoms with E-state index in [9.17, 15) is 0 Å². The van der Waals surface area contributed by atoms with Crippen LogP contribution >= 0.6 is 13.5 Å². The van der Waals surface area contributed by atoms with Crippen molar-refractivity contribution in [3.8, 4) is 6.57 Å². The number of hydrogen-bond donors (Lipinski definition) is 0. The van der Waals surface area contributed by atoms with Gasteiger partial charge in [-0.3, -0.25) is 0 Å². The maximum absolute atomic E-state index is 8.29. The van der Waals surface area contributed by atoms with Gasteiger partial charge in [-0.25, -0.2) is 5.26 Å². The van der Waals surface area contributed by atoms with Crippen molar-refractivity contribution >= 4 is 25.1 Å². The Bertz CT molecular complexity index is 53.8. The molecular formula is CH3NO2S2. The van der Waals surface area contributed by atoms with Crippen LogP contribution in [0.25, 0.3) is 0 Å². The Labute approximate surface area is 46.0 Å². The molecule has 0 saturated heterocycles. The largest absolute Gasteiger partial charge is 0.335 e. The summed E-state index contributed by atoms with van der Waals surface area (Å²) in [5, 5.41) is 6.50. The van der Waals surface area contributed by atoms with Crippen molar-refractivity contribution in [2.45, 2.75) is 0 Å². The molecule has 0 rings (SSSR count). The fourth-order valence-electron chi connectivity index (χ4n) is 0. The van der Waals surface area contributed by atoms with Gasteiger partial charge in [0.15, 0.2) is 0 Å². The maximum atomic E-state index is 8.29. The first kappa shape index (κ1) is 17.4.